The molecule has 0 radical (unpaired) electrons. The van der Waals surface area contributed by atoms with E-state index in [0.717, 1.165) is 98.7 Å². The second kappa shape index (κ2) is 18.6. The summed E-state index contributed by atoms with van der Waals surface area (Å²) in [7, 11) is 0. The molecule has 2 fully saturated rings. The first kappa shape index (κ1) is 39.6. The number of aromatic nitrogens is 4. The summed E-state index contributed by atoms with van der Waals surface area (Å²) in [6, 6.07) is 33.7. The highest BCUT2D eigenvalue weighted by Crippen LogP contribution is 2.29. The van der Waals surface area contributed by atoms with Crippen LogP contribution in [-0.4, -0.2) is 70.9 Å². The number of rotatable bonds is 9. The second-order valence-corrected chi connectivity index (χ2v) is 16.3. The molecule has 0 saturated carbocycles. The molecule has 3 N–H and O–H groups in total. The second-order valence-electron chi connectivity index (χ2n) is 16.3. The van der Waals surface area contributed by atoms with E-state index in [1.54, 1.807) is 0 Å². The molecule has 0 spiro atoms. The van der Waals surface area contributed by atoms with Crippen LogP contribution in [0.2, 0.25) is 0 Å². The van der Waals surface area contributed by atoms with Crippen LogP contribution >= 0.6 is 0 Å². The van der Waals surface area contributed by atoms with E-state index >= 15 is 0 Å². The minimum atomic E-state index is -0.461. The van der Waals surface area contributed by atoms with Crippen molar-refractivity contribution in [1.29, 1.82) is 0 Å². The summed E-state index contributed by atoms with van der Waals surface area (Å²) >= 11 is 0. The van der Waals surface area contributed by atoms with Gasteiger partial charge in [-0.15, -0.1) is 0 Å². The van der Waals surface area contributed by atoms with Crippen LogP contribution in [0.4, 0.5) is 16.7 Å². The van der Waals surface area contributed by atoms with Crippen LogP contribution in [0.1, 0.15) is 59.3 Å². The van der Waals surface area contributed by atoms with Crippen LogP contribution in [0.3, 0.4) is 0 Å². The average molecular weight is 765 g/mol. The summed E-state index contributed by atoms with van der Waals surface area (Å²) in [6.07, 6.45) is 9.98. The number of hydrogen-bond donors (Lipinski definition) is 2. The molecule has 0 unspecified atom stereocenters. The Morgan fingerprint density at radius 3 is 1.58 bits per heavy atom. The minimum absolute atomic E-state index is 0.339. The zero-order valence-electron chi connectivity index (χ0n) is 33.6. The van der Waals surface area contributed by atoms with Gasteiger partial charge in [0.25, 0.3) is 0 Å². The van der Waals surface area contributed by atoms with Gasteiger partial charge in [0.1, 0.15) is 5.60 Å². The fourth-order valence-corrected chi connectivity index (χ4v) is 7.79. The summed E-state index contributed by atoms with van der Waals surface area (Å²) < 4.78 is 5.30. The maximum Gasteiger partial charge on any atom is 0.407 e. The number of ether oxygens (including phenoxy) is 1. The normalized spacial score (nSPS) is 15.3. The Morgan fingerprint density at radius 1 is 0.667 bits per heavy atom. The number of piperidine rings is 2. The average Bonchev–Trinajstić information content (AvgIpc) is 3.24. The van der Waals surface area contributed by atoms with Gasteiger partial charge >= 0.3 is 6.09 Å². The molecule has 57 heavy (non-hydrogen) atoms. The molecule has 0 bridgehead atoms. The number of amides is 1. The molecule has 8 rings (SSSR count). The Labute approximate surface area is 336 Å². The third-order valence-electron chi connectivity index (χ3n) is 11.0. The van der Waals surface area contributed by atoms with E-state index in [0.29, 0.717) is 12.5 Å². The highest BCUT2D eigenvalue weighted by Gasteiger charge is 2.23. The Balaban J connectivity index is 0.000000179. The first-order valence-electron chi connectivity index (χ1n) is 20.5. The third-order valence-corrected chi connectivity index (χ3v) is 11.0. The van der Waals surface area contributed by atoms with Crippen LogP contribution in [0.25, 0.3) is 44.1 Å². The van der Waals surface area contributed by atoms with Gasteiger partial charge in [-0.1, -0.05) is 72.8 Å². The monoisotopic (exact) mass is 764 g/mol. The molecule has 10 heteroatoms. The number of nitrogens with one attached hydrogen (secondary N) is 1. The van der Waals surface area contributed by atoms with E-state index in [-0.39, 0.29) is 6.09 Å². The number of carbonyl (C=O) groups is 1. The lowest BCUT2D eigenvalue weighted by Crippen LogP contribution is -2.37. The molecular weight excluding hydrogens is 709 g/mol. The molecule has 1 amide bonds. The summed E-state index contributed by atoms with van der Waals surface area (Å²) in [5, 5.41) is 7.80. The van der Waals surface area contributed by atoms with Gasteiger partial charge < -0.3 is 25.6 Å². The van der Waals surface area contributed by atoms with E-state index in [1.165, 1.54) is 34.4 Å². The molecule has 0 aliphatic carbocycles. The number of fused-ring (bicyclic) bond motifs is 2. The van der Waals surface area contributed by atoms with Gasteiger partial charge in [0.05, 0.1) is 11.4 Å². The van der Waals surface area contributed by atoms with Gasteiger partial charge in [-0.05, 0) is 123 Å². The lowest BCUT2D eigenvalue weighted by Gasteiger charge is -2.32. The molecule has 6 aromatic rings. The zero-order chi connectivity index (χ0) is 39.6. The summed E-state index contributed by atoms with van der Waals surface area (Å²) in [5.41, 5.74) is 9.41. The molecule has 0 atom stereocenters. The van der Waals surface area contributed by atoms with Crippen LogP contribution < -0.4 is 20.9 Å². The predicted molar refractivity (Wildman–Crippen MR) is 232 cm³/mol. The smallest absolute Gasteiger partial charge is 0.407 e. The maximum atomic E-state index is 11.8. The van der Waals surface area contributed by atoms with Crippen molar-refractivity contribution in [3.05, 3.63) is 109 Å². The van der Waals surface area contributed by atoms with E-state index in [2.05, 4.69) is 110 Å². The van der Waals surface area contributed by atoms with Crippen molar-refractivity contribution in [1.82, 2.24) is 25.3 Å². The fourth-order valence-electron chi connectivity index (χ4n) is 7.79. The van der Waals surface area contributed by atoms with Gasteiger partial charge in [0, 0.05) is 56.2 Å². The van der Waals surface area contributed by atoms with Crippen LogP contribution in [0, 0.1) is 11.8 Å². The number of nitrogens with two attached hydrogens (primary N) is 1. The zero-order valence-corrected chi connectivity index (χ0v) is 33.6. The maximum absolute atomic E-state index is 11.8. The van der Waals surface area contributed by atoms with Crippen LogP contribution in [0.15, 0.2) is 109 Å². The van der Waals surface area contributed by atoms with Crippen molar-refractivity contribution in [2.75, 3.05) is 49.1 Å². The molecule has 10 nitrogen and oxygen atoms in total. The SMILES string of the molecule is CC(C)(C)OC(=O)NCCC1CCN(c2nccc(-c3ccc4ccccc4c3)n2)CC1.NCCC1CCN(c2nccc(-c3ccc4ccccc4c3)n2)CC1. The fraction of sp³-hybridized carbons (Fsp3) is 0.383. The summed E-state index contributed by atoms with van der Waals surface area (Å²) in [5.74, 6) is 2.98. The first-order valence-corrected chi connectivity index (χ1v) is 20.5. The number of hydrogen-bond acceptors (Lipinski definition) is 9. The predicted octanol–water partition coefficient (Wildman–Crippen LogP) is 9.29. The van der Waals surface area contributed by atoms with Gasteiger partial charge in [0.15, 0.2) is 0 Å². The molecule has 2 aliphatic rings. The Kier molecular flexibility index (Phi) is 12.9. The molecular formula is C47H56N8O2. The van der Waals surface area contributed by atoms with E-state index in [1.807, 2.05) is 45.3 Å². The van der Waals surface area contributed by atoms with Crippen LogP contribution in [-0.2, 0) is 4.74 Å². The Hall–Kier alpha value is -5.61. The van der Waals surface area contributed by atoms with Crippen molar-refractivity contribution in [2.45, 2.75) is 64.9 Å². The van der Waals surface area contributed by atoms with Gasteiger partial charge in [-0.25, -0.2) is 24.7 Å². The Bertz CT molecular complexity index is 2240. The topological polar surface area (TPSA) is 122 Å². The van der Waals surface area contributed by atoms with E-state index < -0.39 is 5.60 Å². The lowest BCUT2D eigenvalue weighted by atomic mass is 9.94. The van der Waals surface area contributed by atoms with Crippen molar-refractivity contribution in [3.63, 3.8) is 0 Å². The summed E-state index contributed by atoms with van der Waals surface area (Å²) in [6.45, 7) is 11.0. The highest BCUT2D eigenvalue weighted by molar-refractivity contribution is 5.87. The van der Waals surface area contributed by atoms with Gasteiger partial charge in [0.2, 0.25) is 11.9 Å². The standard InChI is InChI=1S/C26H32N4O2.C21H24N4/c1-26(2,3)32-25(31)28-14-10-19-12-16-30(17-13-19)24-27-15-11-23(29-24)22-9-8-20-6-4-5-7-21(20)18-22;22-11-7-16-9-13-25(14-10-16)21-23-12-8-20(24-21)19-6-5-17-3-1-2-4-18(17)15-19/h4-9,11,15,18-19H,10,12-14,16-17H2,1-3H3,(H,28,31);1-6,8,12,15-16H,7,9-11,13-14,22H2. The van der Waals surface area contributed by atoms with E-state index in [4.69, 9.17) is 20.4 Å². The van der Waals surface area contributed by atoms with Crippen molar-refractivity contribution in [3.8, 4) is 22.5 Å². The molecule has 2 saturated heterocycles. The highest BCUT2D eigenvalue weighted by atomic mass is 16.6. The number of benzene rings is 4. The number of carbonyl (C=O) groups excluding carboxylic acids is 1. The van der Waals surface area contributed by atoms with Gasteiger partial charge in [-0.3, -0.25) is 0 Å². The van der Waals surface area contributed by atoms with Gasteiger partial charge in [-0.2, -0.15) is 0 Å². The third kappa shape index (κ3) is 10.8. The molecule has 4 aromatic carbocycles. The molecule has 2 aromatic heterocycles. The Morgan fingerprint density at radius 2 is 1.12 bits per heavy atom. The lowest BCUT2D eigenvalue weighted by molar-refractivity contribution is 0.0524. The largest absolute Gasteiger partial charge is 0.444 e. The number of alkyl carbamates (subject to hydrolysis) is 1. The molecule has 296 valence electrons. The van der Waals surface area contributed by atoms with Crippen molar-refractivity contribution >= 4 is 39.5 Å². The van der Waals surface area contributed by atoms with E-state index in [9.17, 15) is 4.79 Å². The summed E-state index contributed by atoms with van der Waals surface area (Å²) in [4.78, 5) is 35.1. The van der Waals surface area contributed by atoms with Crippen molar-refractivity contribution in [2.24, 2.45) is 17.6 Å². The van der Waals surface area contributed by atoms with Crippen molar-refractivity contribution < 1.29 is 9.53 Å². The number of nitrogens with zero attached hydrogens (tertiary/aromatic N) is 6. The van der Waals surface area contributed by atoms with Crippen LogP contribution in [0.5, 0.6) is 0 Å². The number of anilines is 2. The first-order chi connectivity index (χ1) is 27.7. The minimum Gasteiger partial charge on any atom is -0.444 e. The molecule has 4 heterocycles. The molecule has 2 aliphatic heterocycles. The quantitative estimate of drug-likeness (QED) is 0.148.